The maximum absolute atomic E-state index is 13.2. The van der Waals surface area contributed by atoms with Crippen LogP contribution in [0.4, 0.5) is 4.39 Å². The Morgan fingerprint density at radius 3 is 2.47 bits per heavy atom. The van der Waals surface area contributed by atoms with Crippen molar-refractivity contribution >= 4 is 11.9 Å². The molecule has 0 spiro atoms. The second-order valence-corrected chi connectivity index (χ2v) is 8.38. The minimum Gasteiger partial charge on any atom is -0.469 e. The van der Waals surface area contributed by atoms with E-state index in [0.717, 1.165) is 36.2 Å². The number of hydrogen-bond acceptors (Lipinski definition) is 4. The molecular weight excluding hydrogens is 385 g/mol. The van der Waals surface area contributed by atoms with Gasteiger partial charge in [-0.25, -0.2) is 4.39 Å². The summed E-state index contributed by atoms with van der Waals surface area (Å²) in [7, 11) is 1.42. The molecule has 1 amide bonds. The number of rotatable bonds is 4. The topological polar surface area (TPSA) is 64.4 Å². The van der Waals surface area contributed by atoms with E-state index in [1.165, 1.54) is 24.8 Å². The monoisotopic (exact) mass is 413 g/mol. The van der Waals surface area contributed by atoms with Gasteiger partial charge in [0.1, 0.15) is 5.82 Å². The van der Waals surface area contributed by atoms with Gasteiger partial charge in [0, 0.05) is 12.5 Å². The van der Waals surface area contributed by atoms with Gasteiger partial charge in [-0.1, -0.05) is 12.1 Å². The maximum Gasteiger partial charge on any atom is 0.308 e. The Kier molecular flexibility index (Phi) is 5.88. The number of carbonyl (C=O) groups excluding carboxylic acids is 2. The van der Waals surface area contributed by atoms with Crippen LogP contribution in [-0.2, 0) is 33.8 Å². The predicted octanol–water partition coefficient (Wildman–Crippen LogP) is 3.24. The molecule has 4 rings (SSSR count). The number of esters is 1. The van der Waals surface area contributed by atoms with Crippen molar-refractivity contribution in [3.63, 3.8) is 0 Å². The molecule has 0 bridgehead atoms. The van der Waals surface area contributed by atoms with Crippen LogP contribution in [0.25, 0.3) is 0 Å². The van der Waals surface area contributed by atoms with Crippen LogP contribution in [-0.4, -0.2) is 40.2 Å². The second-order valence-electron chi connectivity index (χ2n) is 8.38. The first-order valence-corrected chi connectivity index (χ1v) is 10.6. The molecule has 1 fully saturated rings. The maximum atomic E-state index is 13.2. The first kappa shape index (κ1) is 20.6. The van der Waals surface area contributed by atoms with Crippen LogP contribution in [0.2, 0.25) is 0 Å². The van der Waals surface area contributed by atoms with Crippen molar-refractivity contribution in [2.45, 2.75) is 52.1 Å². The molecule has 2 heterocycles. The van der Waals surface area contributed by atoms with E-state index in [4.69, 9.17) is 4.74 Å². The van der Waals surface area contributed by atoms with Crippen molar-refractivity contribution in [1.82, 2.24) is 14.7 Å². The van der Waals surface area contributed by atoms with Gasteiger partial charge in [0.2, 0.25) is 5.91 Å². The molecule has 1 saturated carbocycles. The van der Waals surface area contributed by atoms with Gasteiger partial charge < -0.3 is 9.64 Å². The Bertz CT molecular complexity index is 930. The van der Waals surface area contributed by atoms with E-state index in [2.05, 4.69) is 5.10 Å². The molecule has 1 aromatic carbocycles. The molecule has 1 aliphatic heterocycles. The van der Waals surface area contributed by atoms with Crippen molar-refractivity contribution in [2.75, 3.05) is 13.7 Å². The fourth-order valence-corrected chi connectivity index (χ4v) is 4.76. The smallest absolute Gasteiger partial charge is 0.308 e. The normalized spacial score (nSPS) is 21.2. The Hall–Kier alpha value is -2.70. The van der Waals surface area contributed by atoms with Gasteiger partial charge in [0.15, 0.2) is 0 Å². The summed E-state index contributed by atoms with van der Waals surface area (Å²) in [5, 5.41) is 4.69. The van der Waals surface area contributed by atoms with E-state index in [1.54, 1.807) is 12.1 Å². The third kappa shape index (κ3) is 4.11. The summed E-state index contributed by atoms with van der Waals surface area (Å²) in [6, 6.07) is 6.45. The highest BCUT2D eigenvalue weighted by molar-refractivity contribution is 5.80. The Labute approximate surface area is 176 Å². The van der Waals surface area contributed by atoms with Crippen LogP contribution in [0.5, 0.6) is 0 Å². The largest absolute Gasteiger partial charge is 0.469 e. The van der Waals surface area contributed by atoms with Crippen LogP contribution in [0.3, 0.4) is 0 Å². The summed E-state index contributed by atoms with van der Waals surface area (Å²) in [6.45, 7) is 3.81. The molecule has 6 nitrogen and oxygen atoms in total. The summed E-state index contributed by atoms with van der Waals surface area (Å²) in [4.78, 5) is 26.8. The number of carbonyl (C=O) groups is 2. The Morgan fingerprint density at radius 1 is 1.13 bits per heavy atom. The molecule has 1 aliphatic carbocycles. The number of nitrogens with zero attached hydrogens (tertiary/aromatic N) is 3. The number of halogens is 1. The number of amides is 1. The van der Waals surface area contributed by atoms with Gasteiger partial charge in [-0.3, -0.25) is 14.3 Å². The molecule has 0 saturated heterocycles. The minimum absolute atomic E-state index is 0.0259. The van der Waals surface area contributed by atoms with Crippen molar-refractivity contribution in [1.29, 1.82) is 0 Å². The van der Waals surface area contributed by atoms with Crippen molar-refractivity contribution in [3.05, 3.63) is 52.6 Å². The zero-order valence-electron chi connectivity index (χ0n) is 17.6. The summed E-state index contributed by atoms with van der Waals surface area (Å²) in [6.07, 6.45) is 3.69. The van der Waals surface area contributed by atoms with Crippen molar-refractivity contribution < 1.29 is 18.7 Å². The third-order valence-corrected chi connectivity index (χ3v) is 6.51. The molecule has 7 heteroatoms. The van der Waals surface area contributed by atoms with E-state index in [0.29, 0.717) is 32.5 Å². The van der Waals surface area contributed by atoms with Gasteiger partial charge in [-0.15, -0.1) is 0 Å². The molecule has 0 N–H and O–H groups in total. The first-order chi connectivity index (χ1) is 14.5. The highest BCUT2D eigenvalue weighted by Gasteiger charge is 2.34. The van der Waals surface area contributed by atoms with E-state index >= 15 is 0 Å². The molecule has 0 atom stereocenters. The van der Waals surface area contributed by atoms with Gasteiger partial charge in [0.05, 0.1) is 37.5 Å². The lowest BCUT2D eigenvalue weighted by molar-refractivity contribution is -0.148. The number of fused-ring (bicyclic) bond motifs is 1. The molecule has 160 valence electrons. The van der Waals surface area contributed by atoms with Crippen LogP contribution >= 0.6 is 0 Å². The lowest BCUT2D eigenvalue weighted by Crippen LogP contribution is -2.41. The summed E-state index contributed by atoms with van der Waals surface area (Å²) >= 11 is 0. The highest BCUT2D eigenvalue weighted by atomic mass is 19.1. The van der Waals surface area contributed by atoms with Gasteiger partial charge in [-0.2, -0.15) is 5.10 Å². The standard InChI is InChI=1S/C23H28FN3O3/c1-15-20-11-12-26(22(28)17-5-7-18(8-6-17)23(29)30-2)14-21(20)27(25-15)13-16-3-9-19(24)10-4-16/h3-4,9-10,17-18H,5-8,11-14H2,1-2H3. The lowest BCUT2D eigenvalue weighted by atomic mass is 9.81. The molecule has 30 heavy (non-hydrogen) atoms. The number of benzene rings is 1. The zero-order valence-corrected chi connectivity index (χ0v) is 17.6. The van der Waals surface area contributed by atoms with Gasteiger partial charge >= 0.3 is 5.97 Å². The fourth-order valence-electron chi connectivity index (χ4n) is 4.76. The third-order valence-electron chi connectivity index (χ3n) is 6.51. The second kappa shape index (κ2) is 8.58. The quantitative estimate of drug-likeness (QED) is 0.722. The number of aryl methyl sites for hydroxylation is 1. The van der Waals surface area contributed by atoms with Gasteiger partial charge in [0.25, 0.3) is 0 Å². The van der Waals surface area contributed by atoms with Crippen LogP contribution in [0, 0.1) is 24.6 Å². The molecule has 2 aromatic rings. The Morgan fingerprint density at radius 2 is 1.80 bits per heavy atom. The van der Waals surface area contributed by atoms with E-state index in [9.17, 15) is 14.0 Å². The highest BCUT2D eigenvalue weighted by Crippen LogP contribution is 2.32. The SMILES string of the molecule is COC(=O)C1CCC(C(=O)N2CCc3c(C)nn(Cc4ccc(F)cc4)c3C2)CC1. The number of aromatic nitrogens is 2. The lowest BCUT2D eigenvalue weighted by Gasteiger charge is -2.33. The summed E-state index contributed by atoms with van der Waals surface area (Å²) < 4.78 is 20.0. The summed E-state index contributed by atoms with van der Waals surface area (Å²) in [5.74, 6) is -0.343. The first-order valence-electron chi connectivity index (χ1n) is 10.6. The zero-order chi connectivity index (χ0) is 21.3. The van der Waals surface area contributed by atoms with E-state index in [1.807, 2.05) is 16.5 Å². The van der Waals surface area contributed by atoms with Crippen LogP contribution < -0.4 is 0 Å². The summed E-state index contributed by atoms with van der Waals surface area (Å²) in [5.41, 5.74) is 4.26. The van der Waals surface area contributed by atoms with Crippen molar-refractivity contribution in [2.24, 2.45) is 11.8 Å². The number of hydrogen-bond donors (Lipinski definition) is 0. The molecule has 0 radical (unpaired) electrons. The Balaban J connectivity index is 1.44. The van der Waals surface area contributed by atoms with E-state index in [-0.39, 0.29) is 29.5 Å². The molecule has 1 aromatic heterocycles. The minimum atomic E-state index is -0.254. The average Bonchev–Trinajstić information content (AvgIpc) is 3.09. The number of methoxy groups -OCH3 is 1. The predicted molar refractivity (Wildman–Crippen MR) is 109 cm³/mol. The average molecular weight is 413 g/mol. The molecular formula is C23H28FN3O3. The molecule has 2 aliphatic rings. The fraction of sp³-hybridized carbons (Fsp3) is 0.522. The molecule has 0 unspecified atom stereocenters. The van der Waals surface area contributed by atoms with Crippen LogP contribution in [0.1, 0.15) is 48.2 Å². The van der Waals surface area contributed by atoms with E-state index < -0.39 is 0 Å². The number of ether oxygens (including phenoxy) is 1. The van der Waals surface area contributed by atoms with Crippen LogP contribution in [0.15, 0.2) is 24.3 Å². The van der Waals surface area contributed by atoms with Gasteiger partial charge in [-0.05, 0) is 62.3 Å². The van der Waals surface area contributed by atoms with Crippen molar-refractivity contribution in [3.8, 4) is 0 Å².